The van der Waals surface area contributed by atoms with Crippen LogP contribution in [0.4, 0.5) is 4.39 Å². The molecule has 0 saturated carbocycles. The van der Waals surface area contributed by atoms with E-state index in [1.807, 2.05) is 86.9 Å². The summed E-state index contributed by atoms with van der Waals surface area (Å²) in [6.45, 7) is 15.0. The SMILES string of the molecule is C[Si](C)(C)c1ccc(-c2[c-]cc(F)c(-c3ccccc3)c2)nc1.[2H]C(C)(C)c1ccnc(-c2[c-]ccc3c2sc2cccc(-c4cc(C)cc(C)c4)c23)c1.[Ir]. The van der Waals surface area contributed by atoms with Crippen LogP contribution < -0.4 is 5.19 Å². The summed E-state index contributed by atoms with van der Waals surface area (Å²) in [7, 11) is -1.36. The number of rotatable bonds is 6. The Kier molecular flexibility index (Phi) is 11.5. The van der Waals surface area contributed by atoms with E-state index < -0.39 is 14.0 Å². The van der Waals surface area contributed by atoms with Crippen LogP contribution in [0.1, 0.15) is 37.8 Å². The number of hydrogen-bond acceptors (Lipinski definition) is 3. The third-order valence-corrected chi connectivity index (χ3v) is 12.7. The van der Waals surface area contributed by atoms with Gasteiger partial charge in [0.15, 0.2) is 0 Å². The molecule has 0 aliphatic rings. The number of pyridine rings is 2. The Morgan fingerprint density at radius 2 is 1.52 bits per heavy atom. The van der Waals surface area contributed by atoms with Gasteiger partial charge in [-0.2, -0.15) is 11.3 Å². The van der Waals surface area contributed by atoms with Gasteiger partial charge in [0.2, 0.25) is 0 Å². The number of hydrogen-bond donors (Lipinski definition) is 0. The molecular weight excluding hydrogens is 876 g/mol. The first-order valence-corrected chi connectivity index (χ1v) is 22.2. The van der Waals surface area contributed by atoms with E-state index in [2.05, 4.69) is 104 Å². The van der Waals surface area contributed by atoms with Gasteiger partial charge in [0.1, 0.15) is 0 Å². The van der Waals surface area contributed by atoms with E-state index in [1.54, 1.807) is 11.3 Å². The van der Waals surface area contributed by atoms with Gasteiger partial charge in [0, 0.05) is 44.4 Å². The molecule has 8 aromatic rings. The maximum atomic E-state index is 14.1. The van der Waals surface area contributed by atoms with Crippen LogP contribution in [0.3, 0.4) is 0 Å². The predicted molar refractivity (Wildman–Crippen MR) is 227 cm³/mol. The molecule has 3 heterocycles. The van der Waals surface area contributed by atoms with Crippen molar-refractivity contribution in [1.29, 1.82) is 0 Å². The van der Waals surface area contributed by atoms with Crippen LogP contribution in [0, 0.1) is 31.8 Å². The first-order chi connectivity index (χ1) is 25.8. The van der Waals surface area contributed by atoms with Crippen LogP contribution in [-0.2, 0) is 20.1 Å². The van der Waals surface area contributed by atoms with E-state index in [9.17, 15) is 4.39 Å². The van der Waals surface area contributed by atoms with Crippen LogP contribution >= 0.6 is 11.3 Å². The maximum Gasteiger partial charge on any atom is 0.0795 e. The molecule has 1 radical (unpaired) electrons. The van der Waals surface area contributed by atoms with Gasteiger partial charge in [-0.3, -0.25) is 4.39 Å². The molecule has 2 nitrogen and oxygen atoms in total. The summed E-state index contributed by atoms with van der Waals surface area (Å²) < 4.78 is 25.0. The first kappa shape index (κ1) is 37.7. The predicted octanol–water partition coefficient (Wildman–Crippen LogP) is 13.2. The van der Waals surface area contributed by atoms with Crippen molar-refractivity contribution in [3.8, 4) is 44.8 Å². The summed E-state index contributed by atoms with van der Waals surface area (Å²) in [5.41, 5.74) is 11.0. The van der Waals surface area contributed by atoms with Gasteiger partial charge < -0.3 is 9.97 Å². The van der Waals surface area contributed by atoms with Gasteiger partial charge in [-0.05, 0) is 75.2 Å². The second-order valence-corrected chi connectivity index (χ2v) is 21.0. The molecular formula is C48H43FIrN2SSi-2. The fourth-order valence-corrected chi connectivity index (χ4v) is 8.96. The van der Waals surface area contributed by atoms with Crippen LogP contribution in [0.5, 0.6) is 0 Å². The van der Waals surface area contributed by atoms with Gasteiger partial charge in [0.05, 0.1) is 8.07 Å². The second-order valence-electron chi connectivity index (χ2n) is 14.8. The minimum absolute atomic E-state index is 0. The Morgan fingerprint density at radius 1 is 0.759 bits per heavy atom. The summed E-state index contributed by atoms with van der Waals surface area (Å²) in [5.74, 6) is -0.930. The van der Waals surface area contributed by atoms with Crippen LogP contribution in [0.15, 0.2) is 128 Å². The van der Waals surface area contributed by atoms with Crippen molar-refractivity contribution in [2.24, 2.45) is 0 Å². The van der Waals surface area contributed by atoms with Gasteiger partial charge in [0.25, 0.3) is 0 Å². The Morgan fingerprint density at radius 3 is 2.20 bits per heavy atom. The first-order valence-electron chi connectivity index (χ1n) is 18.4. The molecule has 0 saturated heterocycles. The van der Waals surface area contributed by atoms with E-state index in [-0.39, 0.29) is 25.9 Å². The normalized spacial score (nSPS) is 11.8. The van der Waals surface area contributed by atoms with Crippen molar-refractivity contribution in [1.82, 2.24) is 9.97 Å². The van der Waals surface area contributed by atoms with E-state index in [0.717, 1.165) is 33.6 Å². The molecule has 0 atom stereocenters. The molecule has 0 N–H and O–H groups in total. The number of benzene rings is 5. The maximum absolute atomic E-state index is 14.1. The van der Waals surface area contributed by atoms with E-state index in [4.69, 9.17) is 1.37 Å². The van der Waals surface area contributed by atoms with Crippen molar-refractivity contribution < 1.29 is 25.9 Å². The summed E-state index contributed by atoms with van der Waals surface area (Å²) in [5, 5.41) is 3.84. The second kappa shape index (κ2) is 16.4. The molecule has 0 aliphatic heterocycles. The Labute approximate surface area is 339 Å². The van der Waals surface area contributed by atoms with Crippen LogP contribution in [0.25, 0.3) is 64.9 Å². The zero-order chi connectivity index (χ0) is 38.2. The van der Waals surface area contributed by atoms with E-state index in [0.29, 0.717) is 5.56 Å². The van der Waals surface area contributed by atoms with Crippen molar-refractivity contribution >= 4 is 44.8 Å². The van der Waals surface area contributed by atoms with Crippen molar-refractivity contribution in [3.05, 3.63) is 162 Å². The molecule has 54 heavy (non-hydrogen) atoms. The minimum atomic E-state index is -1.36. The summed E-state index contributed by atoms with van der Waals surface area (Å²) in [6.07, 6.45) is 3.75. The fraction of sp³-hybridized carbons (Fsp3) is 0.167. The molecule has 0 amide bonds. The smallest absolute Gasteiger partial charge is 0.0795 e. The molecule has 5 aromatic carbocycles. The zero-order valence-corrected chi connectivity index (χ0v) is 35.8. The number of aryl methyl sites for hydroxylation is 2. The van der Waals surface area contributed by atoms with E-state index in [1.165, 1.54) is 53.7 Å². The van der Waals surface area contributed by atoms with Crippen LogP contribution in [0.2, 0.25) is 19.6 Å². The molecule has 3 aromatic heterocycles. The van der Waals surface area contributed by atoms with Gasteiger partial charge in [-0.15, -0.1) is 47.5 Å². The topological polar surface area (TPSA) is 25.8 Å². The molecule has 273 valence electrons. The Bertz CT molecular complexity index is 2590. The largest absolute Gasteiger partial charge is 0.305 e. The standard InChI is InChI=1S/C28H24NS.C20H19FNSi.Ir/c1-17(2)20-11-12-29-25(16-20)23-8-5-9-24-27-22(7-6-10-26(27)30-28(23)24)21-14-18(3)13-19(4)15-21;1-23(2,3)17-10-12-20(22-14-17)16-9-11-19(21)18(13-16)15-7-5-4-6-8-15;/h5-7,9-17H,1-4H3;4-8,10-14H,1-3H3;/q2*-1;/i17D;;. The molecule has 8 rings (SSSR count). The minimum Gasteiger partial charge on any atom is -0.305 e. The van der Waals surface area contributed by atoms with Crippen molar-refractivity contribution in [2.45, 2.75) is 53.2 Å². The number of thiophene rings is 1. The third kappa shape index (κ3) is 8.38. The molecule has 0 aliphatic carbocycles. The molecule has 0 bridgehead atoms. The summed E-state index contributed by atoms with van der Waals surface area (Å²) >= 11 is 1.80. The molecule has 0 spiro atoms. The average molecular weight is 920 g/mol. The Balaban J connectivity index is 0.000000192. The summed E-state index contributed by atoms with van der Waals surface area (Å²) in [6, 6.07) is 44.8. The van der Waals surface area contributed by atoms with Crippen LogP contribution in [-0.4, -0.2) is 18.0 Å². The number of nitrogens with zero attached hydrogens (tertiary/aromatic N) is 2. The average Bonchev–Trinajstić information content (AvgIpc) is 3.54. The monoisotopic (exact) mass is 920 g/mol. The molecule has 0 fully saturated rings. The number of halogens is 1. The van der Waals surface area contributed by atoms with Crippen molar-refractivity contribution in [2.75, 3.05) is 0 Å². The third-order valence-electron chi connectivity index (χ3n) is 9.47. The van der Waals surface area contributed by atoms with Gasteiger partial charge in [-0.1, -0.05) is 140 Å². The Hall–Kier alpha value is -4.58. The molecule has 6 heteroatoms. The van der Waals surface area contributed by atoms with Gasteiger partial charge in [-0.25, -0.2) is 0 Å². The molecule has 0 unspecified atom stereocenters. The summed E-state index contributed by atoms with van der Waals surface area (Å²) in [4.78, 5) is 9.20. The fourth-order valence-electron chi connectivity index (χ4n) is 6.69. The zero-order valence-electron chi connectivity index (χ0n) is 32.6. The quantitative estimate of drug-likeness (QED) is 0.123. The van der Waals surface area contributed by atoms with Gasteiger partial charge >= 0.3 is 0 Å². The number of aromatic nitrogens is 2. The number of fused-ring (bicyclic) bond motifs is 3. The van der Waals surface area contributed by atoms with E-state index >= 15 is 0 Å². The van der Waals surface area contributed by atoms with Crippen molar-refractivity contribution in [3.63, 3.8) is 0 Å².